The van der Waals surface area contributed by atoms with Crippen molar-refractivity contribution in [3.05, 3.63) is 40.5 Å². The highest BCUT2D eigenvalue weighted by molar-refractivity contribution is 7.89. The lowest BCUT2D eigenvalue weighted by Gasteiger charge is -2.45. The summed E-state index contributed by atoms with van der Waals surface area (Å²) in [6.45, 7) is 1.81. The lowest BCUT2D eigenvalue weighted by atomic mass is 9.93. The van der Waals surface area contributed by atoms with E-state index in [0.717, 1.165) is 43.9 Å². The average Bonchev–Trinajstić information content (AvgIpc) is 3.47. The summed E-state index contributed by atoms with van der Waals surface area (Å²) in [5.74, 6) is -0.543. The molecule has 1 aliphatic carbocycles. The predicted octanol–water partition coefficient (Wildman–Crippen LogP) is 2.54. The van der Waals surface area contributed by atoms with E-state index in [-0.39, 0.29) is 34.2 Å². The normalized spacial score (nSPS) is 19.7. The van der Waals surface area contributed by atoms with Crippen LogP contribution in [0, 0.1) is 0 Å². The number of carbonyl (C=O) groups is 1. The summed E-state index contributed by atoms with van der Waals surface area (Å²) < 4.78 is 67.1. The molecule has 1 amide bonds. The molecule has 2 aromatic rings. The van der Waals surface area contributed by atoms with Gasteiger partial charge in [-0.25, -0.2) is 8.42 Å². The molecule has 1 saturated heterocycles. The minimum atomic E-state index is -4.55. The van der Waals surface area contributed by atoms with Gasteiger partial charge in [0.2, 0.25) is 5.03 Å². The van der Waals surface area contributed by atoms with Crippen LogP contribution in [0.25, 0.3) is 0 Å². The van der Waals surface area contributed by atoms with Crippen LogP contribution in [0.3, 0.4) is 0 Å². The Bertz CT molecular complexity index is 1190. The Morgan fingerprint density at radius 1 is 1.17 bits per heavy atom. The molecule has 2 heterocycles. The molecule has 0 radical (unpaired) electrons. The number of carbonyl (C=O) groups excluding carboxylic acids is 1. The number of nitrogens with zero attached hydrogens (tertiary/aromatic N) is 5. The van der Waals surface area contributed by atoms with Crippen LogP contribution < -0.4 is 5.32 Å². The number of hydrogen-bond acceptors (Lipinski definition) is 6. The number of rotatable bonds is 6. The van der Waals surface area contributed by atoms with E-state index in [1.54, 1.807) is 7.05 Å². The summed E-state index contributed by atoms with van der Waals surface area (Å²) in [4.78, 5) is 15.0. The third-order valence-corrected chi connectivity index (χ3v) is 8.82. The first-order chi connectivity index (χ1) is 16.4. The van der Waals surface area contributed by atoms with Crippen molar-refractivity contribution >= 4 is 27.5 Å². The molecule has 192 valence electrons. The maximum Gasteiger partial charge on any atom is 0.416 e. The highest BCUT2D eigenvalue weighted by atomic mass is 35.5. The third-order valence-electron chi connectivity index (χ3n) is 6.75. The quantitative estimate of drug-likeness (QED) is 0.611. The number of aryl methyl sites for hydroxylation is 1. The van der Waals surface area contributed by atoms with Gasteiger partial charge in [0, 0.05) is 45.3 Å². The Morgan fingerprint density at radius 3 is 2.37 bits per heavy atom. The van der Waals surface area contributed by atoms with E-state index in [1.807, 2.05) is 0 Å². The van der Waals surface area contributed by atoms with Gasteiger partial charge in [-0.05, 0) is 31.0 Å². The van der Waals surface area contributed by atoms with E-state index in [4.69, 9.17) is 11.6 Å². The van der Waals surface area contributed by atoms with Gasteiger partial charge in [0.1, 0.15) is 0 Å². The van der Waals surface area contributed by atoms with Crippen LogP contribution in [-0.2, 0) is 23.2 Å². The van der Waals surface area contributed by atoms with Crippen LogP contribution in [-0.4, -0.2) is 76.8 Å². The van der Waals surface area contributed by atoms with Crippen LogP contribution in [0.1, 0.15) is 41.6 Å². The van der Waals surface area contributed by atoms with E-state index in [9.17, 15) is 26.4 Å². The number of hydrogen-bond donors (Lipinski definition) is 1. The van der Waals surface area contributed by atoms with Gasteiger partial charge in [0.25, 0.3) is 15.9 Å². The summed E-state index contributed by atoms with van der Waals surface area (Å²) in [5.41, 5.74) is -1.29. The fourth-order valence-electron chi connectivity index (χ4n) is 4.83. The molecule has 2 aliphatic rings. The lowest BCUT2D eigenvalue weighted by Crippen LogP contribution is -2.60. The maximum atomic E-state index is 12.9. The van der Waals surface area contributed by atoms with Crippen molar-refractivity contribution in [3.63, 3.8) is 0 Å². The van der Waals surface area contributed by atoms with Gasteiger partial charge in [-0.3, -0.25) is 14.4 Å². The predicted molar refractivity (Wildman–Crippen MR) is 121 cm³/mol. The fraction of sp³-hybridized carbons (Fsp3) is 0.571. The van der Waals surface area contributed by atoms with Crippen LogP contribution in [0.4, 0.5) is 13.2 Å². The Kier molecular flexibility index (Phi) is 7.15. The van der Waals surface area contributed by atoms with Crippen molar-refractivity contribution < 1.29 is 26.4 Å². The molecule has 0 atom stereocenters. The van der Waals surface area contributed by atoms with E-state index in [2.05, 4.69) is 20.5 Å². The number of nitrogens with one attached hydrogen (secondary N) is 1. The smallest absolute Gasteiger partial charge is 0.350 e. The van der Waals surface area contributed by atoms with Gasteiger partial charge in [-0.15, -0.1) is 5.10 Å². The van der Waals surface area contributed by atoms with Gasteiger partial charge in [-0.2, -0.15) is 17.5 Å². The molecule has 9 nitrogen and oxygen atoms in total. The van der Waals surface area contributed by atoms with Crippen LogP contribution >= 0.6 is 11.6 Å². The molecular formula is C21H26ClF3N6O3S. The molecule has 1 aromatic carbocycles. The minimum absolute atomic E-state index is 0.0207. The summed E-state index contributed by atoms with van der Waals surface area (Å²) >= 11 is 5.98. The van der Waals surface area contributed by atoms with Gasteiger partial charge in [0.15, 0.2) is 0 Å². The van der Waals surface area contributed by atoms with Crippen molar-refractivity contribution in [2.24, 2.45) is 7.05 Å². The molecule has 2 fully saturated rings. The van der Waals surface area contributed by atoms with Crippen LogP contribution in [0.2, 0.25) is 5.02 Å². The highest BCUT2D eigenvalue weighted by Gasteiger charge is 2.43. The number of alkyl halides is 3. The van der Waals surface area contributed by atoms with Crippen molar-refractivity contribution in [1.29, 1.82) is 0 Å². The zero-order chi connectivity index (χ0) is 25.4. The number of amides is 1. The number of sulfonamides is 1. The third kappa shape index (κ3) is 5.32. The highest BCUT2D eigenvalue weighted by Crippen LogP contribution is 2.36. The molecule has 4 rings (SSSR count). The minimum Gasteiger partial charge on any atom is -0.350 e. The monoisotopic (exact) mass is 534 g/mol. The molecular weight excluding hydrogens is 509 g/mol. The average molecular weight is 535 g/mol. The summed E-state index contributed by atoms with van der Waals surface area (Å²) in [6.07, 6.45) is 0.400. The molecule has 0 unspecified atom stereocenters. The van der Waals surface area contributed by atoms with E-state index in [0.29, 0.717) is 19.6 Å². The molecule has 35 heavy (non-hydrogen) atoms. The molecule has 0 spiro atoms. The lowest BCUT2D eigenvalue weighted by molar-refractivity contribution is -0.137. The second-order valence-electron chi connectivity index (χ2n) is 8.93. The molecule has 1 saturated carbocycles. The van der Waals surface area contributed by atoms with Gasteiger partial charge >= 0.3 is 6.18 Å². The molecule has 14 heteroatoms. The first-order valence-corrected chi connectivity index (χ1v) is 13.0. The van der Waals surface area contributed by atoms with Gasteiger partial charge < -0.3 is 5.32 Å². The van der Waals surface area contributed by atoms with Gasteiger partial charge in [0.05, 0.1) is 22.3 Å². The Morgan fingerprint density at radius 2 is 1.83 bits per heavy atom. The second-order valence-corrected chi connectivity index (χ2v) is 11.2. The van der Waals surface area contributed by atoms with Crippen LogP contribution in [0.15, 0.2) is 29.4 Å². The van der Waals surface area contributed by atoms with Gasteiger partial charge in [-0.1, -0.05) is 29.7 Å². The summed E-state index contributed by atoms with van der Waals surface area (Å²) in [5, 5.41) is 9.92. The van der Waals surface area contributed by atoms with Crippen LogP contribution in [0.5, 0.6) is 0 Å². The van der Waals surface area contributed by atoms with E-state index in [1.165, 1.54) is 15.2 Å². The van der Waals surface area contributed by atoms with Crippen molar-refractivity contribution in [2.75, 3.05) is 32.7 Å². The standard InChI is InChI=1S/C21H26ClF3N6O3S/c1-29-13-18(27-28-29)35(33,34)31-10-8-30(9-11-31)20(6-2-3-7-20)14-26-19(32)16-5-4-15(12-17(16)22)21(23,24)25/h4-5,12-13H,2-3,6-11,14H2,1H3,(H,26,32). The topological polar surface area (TPSA) is 100 Å². The number of aromatic nitrogens is 3. The SMILES string of the molecule is Cn1cc(S(=O)(=O)N2CCN(C3(CNC(=O)c4ccc(C(F)(F)F)cc4Cl)CCCC3)CC2)nn1. The number of benzene rings is 1. The summed E-state index contributed by atoms with van der Waals surface area (Å²) in [6, 6.07) is 2.67. The molecule has 1 aliphatic heterocycles. The van der Waals surface area contributed by atoms with Crippen molar-refractivity contribution in [3.8, 4) is 0 Å². The van der Waals surface area contributed by atoms with Crippen molar-refractivity contribution in [1.82, 2.24) is 29.5 Å². The Labute approximate surface area is 206 Å². The maximum absolute atomic E-state index is 12.9. The van der Waals surface area contributed by atoms with Crippen molar-refractivity contribution in [2.45, 2.75) is 42.4 Å². The first kappa shape index (κ1) is 25.9. The Hall–Kier alpha value is -2.22. The summed E-state index contributed by atoms with van der Waals surface area (Å²) in [7, 11) is -2.14. The van der Waals surface area contributed by atoms with E-state index >= 15 is 0 Å². The molecule has 1 N–H and O–H groups in total. The number of piperazine rings is 1. The van der Waals surface area contributed by atoms with E-state index < -0.39 is 27.7 Å². The number of halogens is 4. The zero-order valence-electron chi connectivity index (χ0n) is 19.1. The zero-order valence-corrected chi connectivity index (χ0v) is 20.6. The largest absolute Gasteiger partial charge is 0.416 e. The first-order valence-electron chi connectivity index (χ1n) is 11.2. The second kappa shape index (κ2) is 9.68. The Balaban J connectivity index is 1.41. The molecule has 1 aromatic heterocycles. The fourth-order valence-corrected chi connectivity index (χ4v) is 6.43. The molecule has 0 bridgehead atoms.